The van der Waals surface area contributed by atoms with Crippen LogP contribution in [0.25, 0.3) is 0 Å². The Morgan fingerprint density at radius 1 is 1.44 bits per heavy atom. The Balaban J connectivity index is 1.98. The highest BCUT2D eigenvalue weighted by Gasteiger charge is 2.37. The van der Waals surface area contributed by atoms with Gasteiger partial charge in [0.25, 0.3) is 0 Å². The summed E-state index contributed by atoms with van der Waals surface area (Å²) in [6.45, 7) is 2.06. The molecule has 5 heteroatoms. The van der Waals surface area contributed by atoms with E-state index in [-0.39, 0.29) is 30.6 Å². The molecule has 0 aliphatic carbocycles. The van der Waals surface area contributed by atoms with Crippen LogP contribution in [0.5, 0.6) is 0 Å². The predicted octanol–water partition coefficient (Wildman–Crippen LogP) is 0.411. The number of aliphatic hydroxyl groups excluding tert-OH is 1. The molecule has 5 nitrogen and oxygen atoms in total. The van der Waals surface area contributed by atoms with Crippen LogP contribution in [0.1, 0.15) is 25.7 Å². The molecule has 0 aromatic rings. The highest BCUT2D eigenvalue weighted by Crippen LogP contribution is 2.25. The molecule has 0 aromatic carbocycles. The first-order chi connectivity index (χ1) is 8.76. The zero-order valence-corrected chi connectivity index (χ0v) is 11.0. The fourth-order valence-electron chi connectivity index (χ4n) is 2.87. The molecule has 2 heterocycles. The Morgan fingerprint density at radius 3 is 3.00 bits per heavy atom. The minimum absolute atomic E-state index is 0.0226. The van der Waals surface area contributed by atoms with Gasteiger partial charge in [-0.3, -0.25) is 4.79 Å². The minimum Gasteiger partial charge on any atom is -0.394 e. The van der Waals surface area contributed by atoms with Gasteiger partial charge in [0.05, 0.1) is 18.8 Å². The van der Waals surface area contributed by atoms with Crippen molar-refractivity contribution in [3.05, 3.63) is 0 Å². The zero-order chi connectivity index (χ0) is 13.0. The lowest BCUT2D eigenvalue weighted by Crippen LogP contribution is -2.41. The van der Waals surface area contributed by atoms with Gasteiger partial charge in [0, 0.05) is 32.8 Å². The number of carbonyl (C=O) groups excluding carboxylic acids is 1. The average molecular weight is 257 g/mol. The molecular formula is C13H23NO4. The summed E-state index contributed by atoms with van der Waals surface area (Å²) in [5.41, 5.74) is 0. The van der Waals surface area contributed by atoms with Gasteiger partial charge in [0.15, 0.2) is 0 Å². The molecule has 0 bridgehead atoms. The maximum atomic E-state index is 12.5. The molecule has 0 aromatic heterocycles. The number of rotatable bonds is 3. The summed E-state index contributed by atoms with van der Waals surface area (Å²) in [6.07, 6.45) is 3.44. The molecule has 18 heavy (non-hydrogen) atoms. The monoisotopic (exact) mass is 257 g/mol. The lowest BCUT2D eigenvalue weighted by atomic mass is 9.99. The molecule has 2 rings (SSSR count). The van der Waals surface area contributed by atoms with Gasteiger partial charge in [-0.25, -0.2) is 0 Å². The fraction of sp³-hybridized carbons (Fsp3) is 0.923. The number of hydrogen-bond acceptors (Lipinski definition) is 4. The minimum atomic E-state index is -0.0772. The van der Waals surface area contributed by atoms with E-state index in [9.17, 15) is 9.90 Å². The lowest BCUT2D eigenvalue weighted by molar-refractivity contribution is -0.138. The topological polar surface area (TPSA) is 59.0 Å². The van der Waals surface area contributed by atoms with E-state index in [2.05, 4.69) is 0 Å². The second-order valence-electron chi connectivity index (χ2n) is 5.16. The molecule has 3 atom stereocenters. The summed E-state index contributed by atoms with van der Waals surface area (Å²) in [5, 5.41) is 9.38. The third-order valence-corrected chi connectivity index (χ3v) is 4.00. The largest absolute Gasteiger partial charge is 0.394 e. The number of nitrogens with zero attached hydrogens (tertiary/aromatic N) is 1. The molecule has 0 saturated carbocycles. The lowest BCUT2D eigenvalue weighted by Gasteiger charge is -2.27. The van der Waals surface area contributed by atoms with Gasteiger partial charge in [-0.1, -0.05) is 0 Å². The van der Waals surface area contributed by atoms with E-state index in [1.165, 1.54) is 0 Å². The van der Waals surface area contributed by atoms with Crippen LogP contribution < -0.4 is 0 Å². The summed E-state index contributed by atoms with van der Waals surface area (Å²) >= 11 is 0. The van der Waals surface area contributed by atoms with Crippen LogP contribution in [-0.4, -0.2) is 61.5 Å². The van der Waals surface area contributed by atoms with E-state index in [1.54, 1.807) is 7.11 Å². The van der Waals surface area contributed by atoms with Crippen LogP contribution >= 0.6 is 0 Å². The molecule has 1 amide bonds. The number of methoxy groups -OCH3 is 1. The first-order valence-corrected chi connectivity index (χ1v) is 6.78. The average Bonchev–Trinajstić information content (AvgIpc) is 2.63. The summed E-state index contributed by atoms with van der Waals surface area (Å²) < 4.78 is 10.7. The third kappa shape index (κ3) is 3.02. The maximum Gasteiger partial charge on any atom is 0.226 e. The smallest absolute Gasteiger partial charge is 0.226 e. The summed E-state index contributed by atoms with van der Waals surface area (Å²) in [4.78, 5) is 14.3. The Hall–Kier alpha value is -0.650. The van der Waals surface area contributed by atoms with Crippen molar-refractivity contribution in [1.29, 1.82) is 0 Å². The van der Waals surface area contributed by atoms with Crippen molar-refractivity contribution >= 4 is 5.91 Å². The van der Waals surface area contributed by atoms with Crippen LogP contribution in [0, 0.1) is 5.92 Å². The van der Waals surface area contributed by atoms with Crippen LogP contribution in [0.2, 0.25) is 0 Å². The quantitative estimate of drug-likeness (QED) is 0.795. The van der Waals surface area contributed by atoms with Crippen LogP contribution in [-0.2, 0) is 14.3 Å². The van der Waals surface area contributed by atoms with Crippen molar-refractivity contribution in [2.45, 2.75) is 37.8 Å². The summed E-state index contributed by atoms with van der Waals surface area (Å²) in [6, 6.07) is -0.0772. The molecule has 2 saturated heterocycles. The number of carbonyl (C=O) groups is 1. The first kappa shape index (κ1) is 13.8. The van der Waals surface area contributed by atoms with Gasteiger partial charge >= 0.3 is 0 Å². The van der Waals surface area contributed by atoms with Crippen molar-refractivity contribution in [1.82, 2.24) is 4.90 Å². The molecule has 0 radical (unpaired) electrons. The summed E-state index contributed by atoms with van der Waals surface area (Å²) in [5.74, 6) is 0.219. The maximum absolute atomic E-state index is 12.5. The molecule has 2 fully saturated rings. The number of likely N-dealkylation sites (tertiary alicyclic amines) is 1. The Bertz CT molecular complexity index is 276. The Labute approximate surface area is 108 Å². The Morgan fingerprint density at radius 2 is 2.28 bits per heavy atom. The van der Waals surface area contributed by atoms with E-state index < -0.39 is 0 Å². The molecule has 0 spiro atoms. The predicted molar refractivity (Wildman–Crippen MR) is 66.2 cm³/mol. The SMILES string of the molecule is CO[C@H]1C[C@@H](CO)N(C(=O)C2CCCOCC2)C1. The number of amides is 1. The highest BCUT2D eigenvalue weighted by atomic mass is 16.5. The van der Waals surface area contributed by atoms with Crippen LogP contribution in [0.3, 0.4) is 0 Å². The molecule has 1 N–H and O–H groups in total. The van der Waals surface area contributed by atoms with E-state index in [0.717, 1.165) is 32.3 Å². The van der Waals surface area contributed by atoms with Crippen molar-refractivity contribution in [3.63, 3.8) is 0 Å². The standard InChI is InChI=1S/C13H23NO4/c1-17-12-7-11(9-15)14(8-12)13(16)10-3-2-5-18-6-4-10/h10-12,15H,2-9H2,1H3/t10?,11-,12-/m0/s1. The second kappa shape index (κ2) is 6.50. The van der Waals surface area contributed by atoms with E-state index in [0.29, 0.717) is 13.2 Å². The van der Waals surface area contributed by atoms with E-state index in [4.69, 9.17) is 9.47 Å². The van der Waals surface area contributed by atoms with Gasteiger partial charge in [-0.2, -0.15) is 0 Å². The molecule has 2 aliphatic rings. The zero-order valence-electron chi connectivity index (χ0n) is 11.0. The normalized spacial score (nSPS) is 33.4. The van der Waals surface area contributed by atoms with Crippen molar-refractivity contribution < 1.29 is 19.4 Å². The molecule has 1 unspecified atom stereocenters. The van der Waals surface area contributed by atoms with Gasteiger partial charge in [0.1, 0.15) is 0 Å². The van der Waals surface area contributed by atoms with Crippen molar-refractivity contribution in [2.75, 3.05) is 33.5 Å². The van der Waals surface area contributed by atoms with Gasteiger partial charge in [-0.15, -0.1) is 0 Å². The molecular weight excluding hydrogens is 234 g/mol. The second-order valence-corrected chi connectivity index (χ2v) is 5.16. The molecule has 2 aliphatic heterocycles. The van der Waals surface area contributed by atoms with Crippen molar-refractivity contribution in [3.8, 4) is 0 Å². The Kier molecular flexibility index (Phi) is 4.97. The van der Waals surface area contributed by atoms with Gasteiger partial charge < -0.3 is 19.5 Å². The third-order valence-electron chi connectivity index (χ3n) is 4.00. The van der Waals surface area contributed by atoms with Crippen LogP contribution in [0.15, 0.2) is 0 Å². The van der Waals surface area contributed by atoms with Gasteiger partial charge in [0.2, 0.25) is 5.91 Å². The highest BCUT2D eigenvalue weighted by molar-refractivity contribution is 5.79. The van der Waals surface area contributed by atoms with Crippen LogP contribution in [0.4, 0.5) is 0 Å². The number of hydrogen-bond donors (Lipinski definition) is 1. The van der Waals surface area contributed by atoms with Crippen molar-refractivity contribution in [2.24, 2.45) is 5.92 Å². The van der Waals surface area contributed by atoms with Gasteiger partial charge in [-0.05, 0) is 25.7 Å². The first-order valence-electron chi connectivity index (χ1n) is 6.78. The number of aliphatic hydroxyl groups is 1. The van der Waals surface area contributed by atoms with E-state index >= 15 is 0 Å². The molecule has 104 valence electrons. The summed E-state index contributed by atoms with van der Waals surface area (Å²) in [7, 11) is 1.66. The number of ether oxygens (including phenoxy) is 2. The fourth-order valence-corrected chi connectivity index (χ4v) is 2.87. The van der Waals surface area contributed by atoms with E-state index in [1.807, 2.05) is 4.90 Å².